The average Bonchev–Trinajstić information content (AvgIpc) is 2.86. The lowest BCUT2D eigenvalue weighted by molar-refractivity contribution is -0.120. The molecule has 3 aromatic rings. The van der Waals surface area contributed by atoms with Gasteiger partial charge in [0.25, 0.3) is 0 Å². The zero-order valence-electron chi connectivity index (χ0n) is 19.5. The fraction of sp³-hybridized carbons (Fsp3) is 0.321. The lowest BCUT2D eigenvalue weighted by Gasteiger charge is -2.32. The minimum Gasteiger partial charge on any atom is -0.493 e. The van der Waals surface area contributed by atoms with E-state index in [-0.39, 0.29) is 5.91 Å². The zero-order valence-corrected chi connectivity index (χ0v) is 20.3. The molecule has 1 fully saturated rings. The molecule has 0 saturated carbocycles. The summed E-state index contributed by atoms with van der Waals surface area (Å²) < 4.78 is 11.4. The molecule has 0 spiro atoms. The molecule has 1 aliphatic heterocycles. The summed E-state index contributed by atoms with van der Waals surface area (Å²) in [5.74, 6) is 2.82. The van der Waals surface area contributed by atoms with Crippen molar-refractivity contribution < 1.29 is 14.3 Å². The number of ether oxygens (including phenoxy) is 2. The van der Waals surface area contributed by atoms with E-state index in [0.29, 0.717) is 23.1 Å². The van der Waals surface area contributed by atoms with E-state index >= 15 is 0 Å². The number of methoxy groups -OCH3 is 1. The second-order valence-electron chi connectivity index (χ2n) is 8.73. The van der Waals surface area contributed by atoms with Crippen LogP contribution in [-0.2, 0) is 17.8 Å². The summed E-state index contributed by atoms with van der Waals surface area (Å²) in [5, 5.41) is 3.79. The number of hydrogen-bond acceptors (Lipinski definition) is 4. The minimum absolute atomic E-state index is 0.0663. The second kappa shape index (κ2) is 11.9. The number of carbonyl (C=O) groups excluding carboxylic acids is 1. The van der Waals surface area contributed by atoms with Gasteiger partial charge >= 0.3 is 0 Å². The Hall–Kier alpha value is -3.02. The molecule has 0 radical (unpaired) electrons. The molecule has 5 nitrogen and oxygen atoms in total. The van der Waals surface area contributed by atoms with E-state index in [1.807, 2.05) is 60.7 Å². The summed E-state index contributed by atoms with van der Waals surface area (Å²) in [5.41, 5.74) is 2.20. The van der Waals surface area contributed by atoms with E-state index < -0.39 is 0 Å². The Balaban J connectivity index is 1.21. The molecule has 4 rings (SSSR count). The van der Waals surface area contributed by atoms with Crippen LogP contribution in [-0.4, -0.2) is 37.6 Å². The van der Waals surface area contributed by atoms with Crippen LogP contribution in [0.25, 0.3) is 0 Å². The molecule has 3 aromatic carbocycles. The van der Waals surface area contributed by atoms with Crippen molar-refractivity contribution in [3.63, 3.8) is 0 Å². The SMILES string of the molecule is COc1ccccc1Oc1cccc(CN2CCC(CNC(=O)Cc3ccc(Cl)cc3)CC2)c1. The lowest BCUT2D eigenvalue weighted by Crippen LogP contribution is -2.38. The van der Waals surface area contributed by atoms with Crippen molar-refractivity contribution in [3.05, 3.63) is 88.9 Å². The van der Waals surface area contributed by atoms with Crippen LogP contribution in [0.4, 0.5) is 0 Å². The van der Waals surface area contributed by atoms with Crippen LogP contribution in [0.5, 0.6) is 17.2 Å². The predicted octanol–water partition coefficient (Wildman–Crippen LogP) is 5.71. The van der Waals surface area contributed by atoms with Crippen molar-refractivity contribution in [2.45, 2.75) is 25.8 Å². The highest BCUT2D eigenvalue weighted by atomic mass is 35.5. The van der Waals surface area contributed by atoms with Gasteiger partial charge in [0.1, 0.15) is 5.75 Å². The standard InChI is InChI=1S/C28H31ClN2O3/c1-33-26-7-2-3-8-27(26)34-25-6-4-5-23(17-25)20-31-15-13-22(14-16-31)19-30-28(32)18-21-9-11-24(29)12-10-21/h2-12,17,22H,13-16,18-20H2,1H3,(H,30,32). The van der Waals surface area contributed by atoms with E-state index in [4.69, 9.17) is 21.1 Å². The molecule has 1 heterocycles. The molecule has 0 unspecified atom stereocenters. The van der Waals surface area contributed by atoms with Crippen molar-refractivity contribution in [2.75, 3.05) is 26.7 Å². The quantitative estimate of drug-likeness (QED) is 0.428. The third kappa shape index (κ3) is 6.99. The minimum atomic E-state index is 0.0663. The maximum Gasteiger partial charge on any atom is 0.224 e. The second-order valence-corrected chi connectivity index (χ2v) is 9.16. The molecule has 0 bridgehead atoms. The van der Waals surface area contributed by atoms with E-state index in [2.05, 4.69) is 22.3 Å². The van der Waals surface area contributed by atoms with E-state index in [9.17, 15) is 4.79 Å². The molecule has 34 heavy (non-hydrogen) atoms. The largest absolute Gasteiger partial charge is 0.493 e. The van der Waals surface area contributed by atoms with Crippen molar-refractivity contribution in [1.82, 2.24) is 10.2 Å². The number of halogens is 1. The molecule has 0 aliphatic carbocycles. The first-order chi connectivity index (χ1) is 16.6. The van der Waals surface area contributed by atoms with Gasteiger partial charge in [0.15, 0.2) is 11.5 Å². The van der Waals surface area contributed by atoms with Crippen molar-refractivity contribution in [2.24, 2.45) is 5.92 Å². The zero-order chi connectivity index (χ0) is 23.8. The first-order valence-corrected chi connectivity index (χ1v) is 12.1. The van der Waals surface area contributed by atoms with E-state index in [1.165, 1.54) is 5.56 Å². The van der Waals surface area contributed by atoms with Crippen LogP contribution in [0.3, 0.4) is 0 Å². The summed E-state index contributed by atoms with van der Waals surface area (Å²) >= 11 is 5.91. The summed E-state index contributed by atoms with van der Waals surface area (Å²) in [6.45, 7) is 3.67. The lowest BCUT2D eigenvalue weighted by atomic mass is 9.96. The van der Waals surface area contributed by atoms with Crippen molar-refractivity contribution in [1.29, 1.82) is 0 Å². The number of piperidine rings is 1. The molecule has 1 aliphatic rings. The Bertz CT molecular complexity index is 1080. The van der Waals surface area contributed by atoms with Crippen LogP contribution < -0.4 is 14.8 Å². The fourth-order valence-electron chi connectivity index (χ4n) is 4.25. The highest BCUT2D eigenvalue weighted by Gasteiger charge is 2.20. The van der Waals surface area contributed by atoms with E-state index in [0.717, 1.165) is 56.1 Å². The molecule has 0 aromatic heterocycles. The van der Waals surface area contributed by atoms with Gasteiger partial charge in [0.05, 0.1) is 13.5 Å². The molecule has 178 valence electrons. The van der Waals surface area contributed by atoms with Crippen LogP contribution in [0.2, 0.25) is 5.02 Å². The van der Waals surface area contributed by atoms with Crippen LogP contribution in [0, 0.1) is 5.92 Å². The number of nitrogens with zero attached hydrogens (tertiary/aromatic N) is 1. The number of hydrogen-bond donors (Lipinski definition) is 1. The number of para-hydroxylation sites is 2. The molecule has 1 saturated heterocycles. The maximum absolute atomic E-state index is 12.3. The Morgan fingerprint density at radius 3 is 2.44 bits per heavy atom. The van der Waals surface area contributed by atoms with Gasteiger partial charge < -0.3 is 14.8 Å². The molecule has 1 amide bonds. The average molecular weight is 479 g/mol. The third-order valence-corrected chi connectivity index (χ3v) is 6.43. The molecular formula is C28H31ClN2O3. The maximum atomic E-state index is 12.3. The van der Waals surface area contributed by atoms with Crippen LogP contribution in [0.1, 0.15) is 24.0 Å². The number of amides is 1. The summed E-state index contributed by atoms with van der Waals surface area (Å²) in [6.07, 6.45) is 2.56. The summed E-state index contributed by atoms with van der Waals surface area (Å²) in [4.78, 5) is 14.7. The number of likely N-dealkylation sites (tertiary alicyclic amines) is 1. The molecule has 6 heteroatoms. The molecule has 1 N–H and O–H groups in total. The van der Waals surface area contributed by atoms with Gasteiger partial charge in [-0.1, -0.05) is 48.0 Å². The smallest absolute Gasteiger partial charge is 0.224 e. The van der Waals surface area contributed by atoms with Gasteiger partial charge in [-0.15, -0.1) is 0 Å². The highest BCUT2D eigenvalue weighted by Crippen LogP contribution is 2.31. The Kier molecular flexibility index (Phi) is 8.45. The van der Waals surface area contributed by atoms with Gasteiger partial charge in [0.2, 0.25) is 5.91 Å². The van der Waals surface area contributed by atoms with Gasteiger partial charge in [-0.2, -0.15) is 0 Å². The van der Waals surface area contributed by atoms with Crippen molar-refractivity contribution >= 4 is 17.5 Å². The van der Waals surface area contributed by atoms with Gasteiger partial charge in [-0.3, -0.25) is 9.69 Å². The monoisotopic (exact) mass is 478 g/mol. The topological polar surface area (TPSA) is 50.8 Å². The summed E-state index contributed by atoms with van der Waals surface area (Å²) in [6, 6.07) is 23.3. The van der Waals surface area contributed by atoms with Gasteiger partial charge in [-0.25, -0.2) is 0 Å². The van der Waals surface area contributed by atoms with Crippen LogP contribution in [0.15, 0.2) is 72.8 Å². The number of carbonyl (C=O) groups is 1. The third-order valence-electron chi connectivity index (χ3n) is 6.17. The number of nitrogens with one attached hydrogen (secondary N) is 1. The predicted molar refractivity (Wildman–Crippen MR) is 136 cm³/mol. The Morgan fingerprint density at radius 1 is 0.971 bits per heavy atom. The molecule has 0 atom stereocenters. The number of benzene rings is 3. The Labute approximate surface area is 206 Å². The first kappa shape index (κ1) is 24.1. The van der Waals surface area contributed by atoms with Gasteiger partial charge in [0, 0.05) is 18.1 Å². The number of rotatable bonds is 9. The van der Waals surface area contributed by atoms with Crippen molar-refractivity contribution in [3.8, 4) is 17.2 Å². The molecular weight excluding hydrogens is 448 g/mol. The van der Waals surface area contributed by atoms with Crippen LogP contribution >= 0.6 is 11.6 Å². The van der Waals surface area contributed by atoms with E-state index in [1.54, 1.807) is 7.11 Å². The fourth-order valence-corrected chi connectivity index (χ4v) is 4.38. The normalized spacial score (nSPS) is 14.5. The first-order valence-electron chi connectivity index (χ1n) is 11.7. The Morgan fingerprint density at radius 2 is 1.71 bits per heavy atom. The van der Waals surface area contributed by atoms with Gasteiger partial charge in [-0.05, 0) is 79.4 Å². The summed E-state index contributed by atoms with van der Waals surface area (Å²) in [7, 11) is 1.65. The highest BCUT2D eigenvalue weighted by molar-refractivity contribution is 6.30.